The zero-order valence-electron chi connectivity index (χ0n) is 14.8. The van der Waals surface area contributed by atoms with E-state index < -0.39 is 22.5 Å². The van der Waals surface area contributed by atoms with Crippen molar-refractivity contribution in [2.24, 2.45) is 0 Å². The van der Waals surface area contributed by atoms with Crippen molar-refractivity contribution in [3.05, 3.63) is 83.7 Å². The molecule has 0 aliphatic carbocycles. The first kappa shape index (κ1) is 19.3. The van der Waals surface area contributed by atoms with E-state index in [9.17, 15) is 18.7 Å². The van der Waals surface area contributed by atoms with Crippen molar-refractivity contribution in [3.8, 4) is 11.8 Å². The third-order valence-electron chi connectivity index (χ3n) is 3.94. The van der Waals surface area contributed by atoms with E-state index in [1.807, 2.05) is 6.07 Å². The molecule has 0 aromatic heterocycles. The van der Waals surface area contributed by atoms with E-state index in [2.05, 4.69) is 5.32 Å². The van der Waals surface area contributed by atoms with Crippen LogP contribution in [0.4, 0.5) is 10.1 Å². The number of anilines is 1. The molecule has 1 amide bonds. The lowest BCUT2D eigenvalue weighted by Crippen LogP contribution is -2.12. The van der Waals surface area contributed by atoms with Crippen LogP contribution in [0.1, 0.15) is 15.9 Å². The zero-order valence-corrected chi connectivity index (χ0v) is 15.6. The second-order valence-electron chi connectivity index (χ2n) is 5.73. The number of methoxy groups -OCH3 is 1. The van der Waals surface area contributed by atoms with Gasteiger partial charge in [0.05, 0.1) is 28.4 Å². The molecule has 0 spiro atoms. The fraction of sp³-hybridized carbons (Fsp3) is 0.0476. The van der Waals surface area contributed by atoms with Gasteiger partial charge >= 0.3 is 0 Å². The minimum absolute atomic E-state index is 0.186. The summed E-state index contributed by atoms with van der Waals surface area (Å²) in [7, 11) is -0.0201. The number of hydrogen-bond acceptors (Lipinski definition) is 4. The average Bonchev–Trinajstić information content (AvgIpc) is 2.73. The number of nitrogens with one attached hydrogen (secondary N) is 1. The summed E-state index contributed by atoms with van der Waals surface area (Å²) >= 11 is 0. The SMILES string of the molecule is COc1ccc(S(=O)c2ccc(NC(=O)c3ccc(F)cc3)cc2C#N)cc1. The molecule has 0 heterocycles. The smallest absolute Gasteiger partial charge is 0.255 e. The van der Waals surface area contributed by atoms with Crippen LogP contribution in [0.3, 0.4) is 0 Å². The fourth-order valence-corrected chi connectivity index (χ4v) is 3.62. The van der Waals surface area contributed by atoms with Crippen LogP contribution in [0.15, 0.2) is 76.5 Å². The topological polar surface area (TPSA) is 79.2 Å². The van der Waals surface area contributed by atoms with Crippen molar-refractivity contribution in [1.82, 2.24) is 0 Å². The molecule has 3 rings (SSSR count). The quantitative estimate of drug-likeness (QED) is 0.706. The zero-order chi connectivity index (χ0) is 20.1. The lowest BCUT2D eigenvalue weighted by Gasteiger charge is -2.09. The highest BCUT2D eigenvalue weighted by Gasteiger charge is 2.14. The molecule has 0 bridgehead atoms. The van der Waals surface area contributed by atoms with Gasteiger partial charge in [0.2, 0.25) is 0 Å². The second-order valence-corrected chi connectivity index (χ2v) is 7.18. The van der Waals surface area contributed by atoms with E-state index in [1.54, 1.807) is 43.5 Å². The van der Waals surface area contributed by atoms with Crippen molar-refractivity contribution < 1.29 is 18.1 Å². The van der Waals surface area contributed by atoms with Gasteiger partial charge in [-0.2, -0.15) is 5.26 Å². The molecule has 140 valence electrons. The normalized spacial score (nSPS) is 11.3. The predicted molar refractivity (Wildman–Crippen MR) is 103 cm³/mol. The Bertz CT molecular complexity index is 1070. The Morgan fingerprint density at radius 2 is 1.75 bits per heavy atom. The number of benzene rings is 3. The van der Waals surface area contributed by atoms with E-state index in [1.165, 1.54) is 30.3 Å². The van der Waals surface area contributed by atoms with E-state index in [-0.39, 0.29) is 11.1 Å². The number of hydrogen-bond donors (Lipinski definition) is 1. The highest BCUT2D eigenvalue weighted by atomic mass is 32.2. The van der Waals surface area contributed by atoms with Crippen molar-refractivity contribution in [2.45, 2.75) is 9.79 Å². The number of amides is 1. The Morgan fingerprint density at radius 1 is 1.07 bits per heavy atom. The molecule has 0 aliphatic heterocycles. The monoisotopic (exact) mass is 394 g/mol. The van der Waals surface area contributed by atoms with Gasteiger partial charge in [-0.15, -0.1) is 0 Å². The minimum atomic E-state index is -1.56. The fourth-order valence-electron chi connectivity index (χ4n) is 2.49. The maximum atomic E-state index is 13.0. The molecule has 3 aromatic rings. The molecule has 0 saturated heterocycles. The molecule has 3 aromatic carbocycles. The van der Waals surface area contributed by atoms with Crippen LogP contribution in [0.2, 0.25) is 0 Å². The summed E-state index contributed by atoms with van der Waals surface area (Å²) in [5.41, 5.74) is 0.846. The molecule has 0 fully saturated rings. The maximum absolute atomic E-state index is 13.0. The maximum Gasteiger partial charge on any atom is 0.255 e. The number of nitrogens with zero attached hydrogens (tertiary/aromatic N) is 1. The number of carbonyl (C=O) groups is 1. The number of nitriles is 1. The predicted octanol–water partition coefficient (Wildman–Crippen LogP) is 4.12. The van der Waals surface area contributed by atoms with Gasteiger partial charge in [0.15, 0.2) is 0 Å². The summed E-state index contributed by atoms with van der Waals surface area (Å²) in [6.45, 7) is 0. The number of carbonyl (C=O) groups excluding carboxylic acids is 1. The molecular weight excluding hydrogens is 379 g/mol. The minimum Gasteiger partial charge on any atom is -0.497 e. The second kappa shape index (κ2) is 8.46. The molecule has 7 heteroatoms. The number of halogens is 1. The summed E-state index contributed by atoms with van der Waals surface area (Å²) < 4.78 is 30.9. The van der Waals surface area contributed by atoms with Gasteiger partial charge in [0.1, 0.15) is 17.6 Å². The number of rotatable bonds is 5. The molecule has 0 radical (unpaired) electrons. The third kappa shape index (κ3) is 4.24. The van der Waals surface area contributed by atoms with Crippen molar-refractivity contribution in [3.63, 3.8) is 0 Å². The standard InChI is InChI=1S/C21H15FN2O3S/c1-27-18-7-9-19(10-8-18)28(26)20-11-6-17(12-15(20)13-23)24-21(25)14-2-4-16(22)5-3-14/h2-12H,1H3,(H,24,25). The first-order valence-electron chi connectivity index (χ1n) is 8.18. The van der Waals surface area contributed by atoms with Crippen LogP contribution in [0.25, 0.3) is 0 Å². The van der Waals surface area contributed by atoms with Crippen LogP contribution in [-0.4, -0.2) is 17.2 Å². The van der Waals surface area contributed by atoms with Gasteiger partial charge in [-0.3, -0.25) is 4.79 Å². The molecule has 0 saturated carbocycles. The van der Waals surface area contributed by atoms with Gasteiger partial charge in [0.25, 0.3) is 5.91 Å². The Balaban J connectivity index is 1.83. The molecule has 0 aliphatic rings. The highest BCUT2D eigenvalue weighted by molar-refractivity contribution is 7.85. The molecule has 5 nitrogen and oxygen atoms in total. The first-order chi connectivity index (χ1) is 13.5. The van der Waals surface area contributed by atoms with Crippen LogP contribution >= 0.6 is 0 Å². The van der Waals surface area contributed by atoms with Crippen molar-refractivity contribution >= 4 is 22.4 Å². The molecule has 1 atom stereocenters. The van der Waals surface area contributed by atoms with Gasteiger partial charge < -0.3 is 10.1 Å². The van der Waals surface area contributed by atoms with E-state index in [4.69, 9.17) is 4.74 Å². The molecule has 28 heavy (non-hydrogen) atoms. The molecule has 1 unspecified atom stereocenters. The Labute approximate surface area is 163 Å². The summed E-state index contributed by atoms with van der Waals surface area (Å²) in [5, 5.41) is 12.1. The number of ether oxygens (including phenoxy) is 1. The first-order valence-corrected chi connectivity index (χ1v) is 9.33. The summed E-state index contributed by atoms with van der Waals surface area (Å²) in [5.74, 6) is -0.235. The van der Waals surface area contributed by atoms with Crippen molar-refractivity contribution in [2.75, 3.05) is 12.4 Å². The Kier molecular flexibility index (Phi) is 5.82. The van der Waals surface area contributed by atoms with E-state index >= 15 is 0 Å². The van der Waals surface area contributed by atoms with Crippen LogP contribution < -0.4 is 10.1 Å². The molecule has 1 N–H and O–H groups in total. The summed E-state index contributed by atoms with van der Waals surface area (Å²) in [6, 6.07) is 18.4. The van der Waals surface area contributed by atoms with Gasteiger partial charge in [-0.1, -0.05) is 0 Å². The third-order valence-corrected chi connectivity index (χ3v) is 5.39. The van der Waals surface area contributed by atoms with E-state index in [0.717, 1.165) is 0 Å². The molecular formula is C21H15FN2O3S. The van der Waals surface area contributed by atoms with Crippen LogP contribution in [0.5, 0.6) is 5.75 Å². The summed E-state index contributed by atoms with van der Waals surface area (Å²) in [4.78, 5) is 13.1. The lowest BCUT2D eigenvalue weighted by molar-refractivity contribution is 0.102. The Morgan fingerprint density at radius 3 is 2.36 bits per heavy atom. The van der Waals surface area contributed by atoms with Crippen molar-refractivity contribution in [1.29, 1.82) is 5.26 Å². The lowest BCUT2D eigenvalue weighted by atomic mass is 10.2. The average molecular weight is 394 g/mol. The van der Waals surface area contributed by atoms with Gasteiger partial charge in [-0.05, 0) is 66.7 Å². The van der Waals surface area contributed by atoms with Gasteiger partial charge in [0, 0.05) is 16.1 Å². The van der Waals surface area contributed by atoms with Crippen LogP contribution in [0, 0.1) is 17.1 Å². The summed E-state index contributed by atoms with van der Waals surface area (Å²) in [6.07, 6.45) is 0. The van der Waals surface area contributed by atoms with Crippen LogP contribution in [-0.2, 0) is 10.8 Å². The van der Waals surface area contributed by atoms with E-state index in [0.29, 0.717) is 21.2 Å². The van der Waals surface area contributed by atoms with Gasteiger partial charge in [-0.25, -0.2) is 8.60 Å². The Hall–Kier alpha value is -3.50. The highest BCUT2D eigenvalue weighted by Crippen LogP contribution is 2.24. The largest absolute Gasteiger partial charge is 0.497 e.